The third kappa shape index (κ3) is 5.69. The number of rotatable bonds is 6. The van der Waals surface area contributed by atoms with Gasteiger partial charge in [0, 0.05) is 5.69 Å². The van der Waals surface area contributed by atoms with Gasteiger partial charge in [-0.1, -0.05) is 12.1 Å². The Kier molecular flexibility index (Phi) is 6.05. The molecule has 9 heteroatoms. The van der Waals surface area contributed by atoms with Crippen LogP contribution in [-0.4, -0.2) is 32.0 Å². The number of carbonyl (C=O) groups excluding carboxylic acids is 2. The molecular formula is C17H14F3NO5. The number of hydrogen-bond acceptors (Lipinski definition) is 5. The molecule has 0 aromatic heterocycles. The number of esters is 1. The molecule has 0 radical (unpaired) electrons. The molecule has 6 nitrogen and oxygen atoms in total. The van der Waals surface area contributed by atoms with Crippen LogP contribution in [0, 0.1) is 0 Å². The smallest absolute Gasteiger partial charge is 0.483 e. The molecule has 0 atom stereocenters. The van der Waals surface area contributed by atoms with Crippen LogP contribution in [-0.2, 0) is 9.53 Å². The van der Waals surface area contributed by atoms with Gasteiger partial charge in [-0.15, -0.1) is 13.2 Å². The first-order chi connectivity index (χ1) is 12.3. The number of benzene rings is 2. The van der Waals surface area contributed by atoms with Crippen molar-refractivity contribution in [2.24, 2.45) is 0 Å². The predicted octanol–water partition coefficient (Wildman–Crippen LogP) is 3.39. The molecule has 26 heavy (non-hydrogen) atoms. The molecule has 0 aliphatic heterocycles. The number of nitrogens with one attached hydrogen (secondary N) is 1. The van der Waals surface area contributed by atoms with Crippen molar-refractivity contribution in [1.29, 1.82) is 0 Å². The summed E-state index contributed by atoms with van der Waals surface area (Å²) in [6.07, 6.45) is -4.79. The maximum absolute atomic E-state index is 12.1. The summed E-state index contributed by atoms with van der Waals surface area (Å²) in [4.78, 5) is 23.5. The SMILES string of the molecule is COC(=O)c1ccccc1OCC(=O)Nc1ccc(OC(F)(F)F)cc1. The molecule has 2 aromatic rings. The summed E-state index contributed by atoms with van der Waals surface area (Å²) in [6.45, 7) is -0.408. The lowest BCUT2D eigenvalue weighted by atomic mass is 10.2. The molecule has 1 N–H and O–H groups in total. The Balaban J connectivity index is 1.93. The number of para-hydroxylation sites is 1. The molecular weight excluding hydrogens is 355 g/mol. The van der Waals surface area contributed by atoms with Gasteiger partial charge in [-0.3, -0.25) is 4.79 Å². The molecule has 1 amide bonds. The number of halogens is 3. The lowest BCUT2D eigenvalue weighted by Crippen LogP contribution is -2.21. The van der Waals surface area contributed by atoms with Crippen molar-refractivity contribution in [1.82, 2.24) is 0 Å². The Labute approximate surface area is 146 Å². The molecule has 0 spiro atoms. The van der Waals surface area contributed by atoms with Crippen LogP contribution in [0.25, 0.3) is 0 Å². The van der Waals surface area contributed by atoms with E-state index in [4.69, 9.17) is 4.74 Å². The highest BCUT2D eigenvalue weighted by Crippen LogP contribution is 2.24. The van der Waals surface area contributed by atoms with Crippen molar-refractivity contribution >= 4 is 17.6 Å². The van der Waals surface area contributed by atoms with Crippen LogP contribution in [0.2, 0.25) is 0 Å². The van der Waals surface area contributed by atoms with Crippen LogP contribution in [0.5, 0.6) is 11.5 Å². The van der Waals surface area contributed by atoms with Crippen molar-refractivity contribution in [2.45, 2.75) is 6.36 Å². The molecule has 0 saturated carbocycles. The summed E-state index contributed by atoms with van der Waals surface area (Å²) in [5, 5.41) is 2.45. The lowest BCUT2D eigenvalue weighted by Gasteiger charge is -2.11. The summed E-state index contributed by atoms with van der Waals surface area (Å²) in [5.41, 5.74) is 0.422. The van der Waals surface area contributed by atoms with Crippen LogP contribution in [0.3, 0.4) is 0 Å². The third-order valence-electron chi connectivity index (χ3n) is 3.02. The first-order valence-corrected chi connectivity index (χ1v) is 7.24. The quantitative estimate of drug-likeness (QED) is 0.790. The fourth-order valence-electron chi connectivity index (χ4n) is 1.95. The van der Waals surface area contributed by atoms with Crippen LogP contribution in [0.15, 0.2) is 48.5 Å². The van der Waals surface area contributed by atoms with Gasteiger partial charge in [-0.25, -0.2) is 4.79 Å². The zero-order valence-corrected chi connectivity index (χ0v) is 13.5. The van der Waals surface area contributed by atoms with E-state index in [-0.39, 0.29) is 17.0 Å². The lowest BCUT2D eigenvalue weighted by molar-refractivity contribution is -0.274. The fourth-order valence-corrected chi connectivity index (χ4v) is 1.95. The molecule has 0 unspecified atom stereocenters. The van der Waals surface area contributed by atoms with E-state index in [0.717, 1.165) is 12.1 Å². The Bertz CT molecular complexity index is 775. The van der Waals surface area contributed by atoms with E-state index in [0.29, 0.717) is 0 Å². The van der Waals surface area contributed by atoms with Gasteiger partial charge < -0.3 is 19.5 Å². The fraction of sp³-hybridized carbons (Fsp3) is 0.176. The Morgan fingerprint density at radius 2 is 1.69 bits per heavy atom. The summed E-state index contributed by atoms with van der Waals surface area (Å²) >= 11 is 0. The highest BCUT2D eigenvalue weighted by Gasteiger charge is 2.30. The Morgan fingerprint density at radius 1 is 1.04 bits per heavy atom. The highest BCUT2D eigenvalue weighted by molar-refractivity contribution is 5.94. The van der Waals surface area contributed by atoms with E-state index in [1.807, 2.05) is 0 Å². The maximum atomic E-state index is 12.1. The first-order valence-electron chi connectivity index (χ1n) is 7.24. The summed E-state index contributed by atoms with van der Waals surface area (Å²) < 4.78 is 49.9. The van der Waals surface area contributed by atoms with Gasteiger partial charge in [0.05, 0.1) is 7.11 Å². The molecule has 0 bridgehead atoms. The molecule has 0 fully saturated rings. The molecule has 0 aliphatic carbocycles. The summed E-state index contributed by atoms with van der Waals surface area (Å²) in [7, 11) is 1.22. The third-order valence-corrected chi connectivity index (χ3v) is 3.02. The average Bonchev–Trinajstić information content (AvgIpc) is 2.60. The molecule has 138 valence electrons. The van der Waals surface area contributed by atoms with Crippen LogP contribution in [0.4, 0.5) is 18.9 Å². The Hall–Kier alpha value is -3.23. The second-order valence-corrected chi connectivity index (χ2v) is 4.90. The minimum absolute atomic E-state index is 0.163. The zero-order chi connectivity index (χ0) is 19.2. The first kappa shape index (κ1) is 19.1. The number of anilines is 1. The van der Waals surface area contributed by atoms with Gasteiger partial charge in [-0.2, -0.15) is 0 Å². The second-order valence-electron chi connectivity index (χ2n) is 4.90. The summed E-state index contributed by atoms with van der Waals surface area (Å²) in [6, 6.07) is 10.9. The van der Waals surface area contributed by atoms with Crippen molar-refractivity contribution in [3.63, 3.8) is 0 Å². The molecule has 2 aromatic carbocycles. The largest absolute Gasteiger partial charge is 0.573 e. The number of methoxy groups -OCH3 is 1. The summed E-state index contributed by atoms with van der Waals surface area (Å²) in [5.74, 6) is -1.41. The molecule has 0 heterocycles. The van der Waals surface area contributed by atoms with Gasteiger partial charge in [0.25, 0.3) is 5.91 Å². The van der Waals surface area contributed by atoms with E-state index in [9.17, 15) is 22.8 Å². The number of ether oxygens (including phenoxy) is 3. The van der Waals surface area contributed by atoms with E-state index >= 15 is 0 Å². The topological polar surface area (TPSA) is 73.9 Å². The minimum atomic E-state index is -4.79. The number of carbonyl (C=O) groups is 2. The van der Waals surface area contributed by atoms with Gasteiger partial charge in [0.15, 0.2) is 6.61 Å². The second kappa shape index (κ2) is 8.24. The van der Waals surface area contributed by atoms with Crippen molar-refractivity contribution < 1.29 is 37.0 Å². The molecule has 0 aliphatic rings. The zero-order valence-electron chi connectivity index (χ0n) is 13.5. The Morgan fingerprint density at radius 3 is 2.31 bits per heavy atom. The van der Waals surface area contributed by atoms with Crippen molar-refractivity contribution in [3.05, 3.63) is 54.1 Å². The van der Waals surface area contributed by atoms with Crippen molar-refractivity contribution in [2.75, 3.05) is 19.0 Å². The van der Waals surface area contributed by atoms with Crippen LogP contribution < -0.4 is 14.8 Å². The van der Waals surface area contributed by atoms with E-state index in [1.54, 1.807) is 12.1 Å². The van der Waals surface area contributed by atoms with Gasteiger partial charge in [-0.05, 0) is 36.4 Å². The highest BCUT2D eigenvalue weighted by atomic mass is 19.4. The van der Waals surface area contributed by atoms with E-state index < -0.39 is 30.6 Å². The minimum Gasteiger partial charge on any atom is -0.483 e. The van der Waals surface area contributed by atoms with Crippen LogP contribution >= 0.6 is 0 Å². The maximum Gasteiger partial charge on any atom is 0.573 e. The normalized spacial score (nSPS) is 10.8. The molecule has 2 rings (SSSR count). The number of amides is 1. The number of alkyl halides is 3. The van der Waals surface area contributed by atoms with E-state index in [1.165, 1.54) is 31.4 Å². The van der Waals surface area contributed by atoms with Crippen LogP contribution in [0.1, 0.15) is 10.4 Å². The van der Waals surface area contributed by atoms with Gasteiger partial charge in [0.1, 0.15) is 17.1 Å². The van der Waals surface area contributed by atoms with E-state index in [2.05, 4.69) is 14.8 Å². The predicted molar refractivity (Wildman–Crippen MR) is 85.0 cm³/mol. The van der Waals surface area contributed by atoms with Gasteiger partial charge in [0.2, 0.25) is 0 Å². The standard InChI is InChI=1S/C17H14F3NO5/c1-24-16(23)13-4-2-3-5-14(13)25-10-15(22)21-11-6-8-12(9-7-11)26-17(18,19)20/h2-9H,10H2,1H3,(H,21,22). The molecule has 0 saturated heterocycles. The monoisotopic (exact) mass is 369 g/mol. The van der Waals surface area contributed by atoms with Crippen molar-refractivity contribution in [3.8, 4) is 11.5 Å². The van der Waals surface area contributed by atoms with Gasteiger partial charge >= 0.3 is 12.3 Å². The average molecular weight is 369 g/mol. The number of hydrogen-bond donors (Lipinski definition) is 1.